The Balaban J connectivity index is 1.25. The number of fused-ring (bicyclic) bond motifs is 5. The normalized spacial score (nSPS) is 39.3. The molecule has 4 bridgehead atoms. The Kier molecular flexibility index (Phi) is 6.36. The summed E-state index contributed by atoms with van der Waals surface area (Å²) in [6.07, 6.45) is 13.1. The molecule has 3 aliphatic heterocycles. The van der Waals surface area contributed by atoms with Crippen LogP contribution in [0.4, 0.5) is 0 Å². The van der Waals surface area contributed by atoms with Gasteiger partial charge in [0.1, 0.15) is 0 Å². The zero-order chi connectivity index (χ0) is 21.3. The topological polar surface area (TPSA) is 32.3 Å². The number of alkyl halides is 1. The Morgan fingerprint density at radius 3 is 2.65 bits per heavy atom. The molecule has 6 rings (SSSR count). The number of nitrogens with zero attached hydrogens (tertiary/aromatic N) is 1. The fourth-order valence-corrected chi connectivity index (χ4v) is 8.30. The minimum atomic E-state index is 0.287. The van der Waals surface area contributed by atoms with Crippen molar-refractivity contribution >= 4 is 17.5 Å². The van der Waals surface area contributed by atoms with Crippen LogP contribution in [0.5, 0.6) is 0 Å². The number of benzene rings is 1. The summed E-state index contributed by atoms with van der Waals surface area (Å²) in [5.74, 6) is 2.39. The molecule has 2 aliphatic carbocycles. The van der Waals surface area contributed by atoms with E-state index in [2.05, 4.69) is 40.5 Å². The van der Waals surface area contributed by atoms with E-state index in [4.69, 9.17) is 11.6 Å². The number of piperidine rings is 3. The first-order valence-corrected chi connectivity index (χ1v) is 13.3. The lowest BCUT2D eigenvalue weighted by Gasteiger charge is -2.55. The number of hydrogen-bond donors (Lipinski definition) is 1. The minimum absolute atomic E-state index is 0.287. The second kappa shape index (κ2) is 9.06. The van der Waals surface area contributed by atoms with Gasteiger partial charge in [0.25, 0.3) is 0 Å². The van der Waals surface area contributed by atoms with Crippen molar-refractivity contribution in [2.24, 2.45) is 17.3 Å². The van der Waals surface area contributed by atoms with Gasteiger partial charge in [-0.3, -0.25) is 4.79 Å². The van der Waals surface area contributed by atoms with Gasteiger partial charge in [0, 0.05) is 24.9 Å². The van der Waals surface area contributed by atoms with E-state index < -0.39 is 0 Å². The molecule has 4 atom stereocenters. The van der Waals surface area contributed by atoms with Gasteiger partial charge < -0.3 is 10.2 Å². The van der Waals surface area contributed by atoms with E-state index in [-0.39, 0.29) is 5.91 Å². The zero-order valence-corrected chi connectivity index (χ0v) is 19.7. The number of hydrogen-bond acceptors (Lipinski definition) is 2. The monoisotopic (exact) mass is 442 g/mol. The second-order valence-electron chi connectivity index (χ2n) is 11.2. The predicted molar refractivity (Wildman–Crippen MR) is 127 cm³/mol. The molecule has 0 radical (unpaired) electrons. The lowest BCUT2D eigenvalue weighted by molar-refractivity contribution is -0.123. The number of carbonyl (C=O) groups excluding carboxylic acids is 1. The average Bonchev–Trinajstić information content (AvgIpc) is 2.79. The molecule has 1 aromatic rings. The number of amides is 1. The van der Waals surface area contributed by atoms with E-state index in [1.54, 1.807) is 0 Å². The third kappa shape index (κ3) is 4.55. The van der Waals surface area contributed by atoms with E-state index >= 15 is 0 Å². The van der Waals surface area contributed by atoms with Crippen LogP contribution >= 0.6 is 11.6 Å². The van der Waals surface area contributed by atoms with Crippen molar-refractivity contribution in [1.29, 1.82) is 0 Å². The molecule has 1 aromatic carbocycles. The largest absolute Gasteiger partial charge is 0.352 e. The number of rotatable bonds is 7. The Labute approximate surface area is 193 Å². The van der Waals surface area contributed by atoms with Gasteiger partial charge in [-0.15, -0.1) is 11.6 Å². The third-order valence-electron chi connectivity index (χ3n) is 9.27. The van der Waals surface area contributed by atoms with Gasteiger partial charge in [0.15, 0.2) is 0 Å². The van der Waals surface area contributed by atoms with E-state index in [9.17, 15) is 4.79 Å². The average molecular weight is 443 g/mol. The first-order valence-electron chi connectivity index (χ1n) is 12.7. The highest BCUT2D eigenvalue weighted by molar-refractivity contribution is 6.17. The van der Waals surface area contributed by atoms with Gasteiger partial charge >= 0.3 is 0 Å². The van der Waals surface area contributed by atoms with Gasteiger partial charge in [0.2, 0.25) is 5.91 Å². The molecule has 1 N–H and O–H groups in total. The molecule has 0 aromatic heterocycles. The predicted octanol–water partition coefficient (Wildman–Crippen LogP) is 5.51. The van der Waals surface area contributed by atoms with Crippen LogP contribution in [-0.2, 0) is 10.2 Å². The van der Waals surface area contributed by atoms with Crippen molar-refractivity contribution < 1.29 is 4.79 Å². The first-order chi connectivity index (χ1) is 15.1. The van der Waals surface area contributed by atoms with Crippen LogP contribution in [-0.4, -0.2) is 42.4 Å². The molecule has 2 saturated carbocycles. The Morgan fingerprint density at radius 2 is 1.94 bits per heavy atom. The highest BCUT2D eigenvalue weighted by atomic mass is 35.5. The SMILES string of the molecule is O=C(CCC1C[C@@]2(CCCl)CCC[C@@](c3ccccc3)(C1)C2)N[C@H]1CN2CCC1CC2. The van der Waals surface area contributed by atoms with Gasteiger partial charge in [-0.05, 0) is 99.1 Å². The van der Waals surface area contributed by atoms with Crippen molar-refractivity contribution in [3.63, 3.8) is 0 Å². The Bertz CT molecular complexity index is 758. The van der Waals surface area contributed by atoms with Crippen molar-refractivity contribution in [3.8, 4) is 0 Å². The lowest BCUT2D eigenvalue weighted by Crippen LogP contribution is -2.57. The third-order valence-corrected chi connectivity index (χ3v) is 9.46. The van der Waals surface area contributed by atoms with Crippen LogP contribution in [0.1, 0.15) is 76.2 Å². The highest BCUT2D eigenvalue weighted by Crippen LogP contribution is 2.60. The number of halogens is 1. The molecule has 31 heavy (non-hydrogen) atoms. The maximum absolute atomic E-state index is 12.9. The standard InChI is InChI=1S/C27H39ClN2O/c28-14-13-26-11-4-12-27(20-26,23-5-2-1-3-6-23)18-21(17-26)7-8-25(31)29-24-19-30-15-9-22(24)10-16-30/h1-3,5-6,21-22,24H,4,7-20H2,(H,29,31)/t21?,24-,26-,27+/m0/s1. The molecule has 1 amide bonds. The number of nitrogens with one attached hydrogen (secondary N) is 1. The Morgan fingerprint density at radius 1 is 1.13 bits per heavy atom. The molecular formula is C27H39ClN2O. The molecular weight excluding hydrogens is 404 g/mol. The highest BCUT2D eigenvalue weighted by Gasteiger charge is 2.51. The summed E-state index contributed by atoms with van der Waals surface area (Å²) in [6.45, 7) is 3.52. The maximum atomic E-state index is 12.9. The molecule has 0 spiro atoms. The van der Waals surface area contributed by atoms with Gasteiger partial charge in [-0.25, -0.2) is 0 Å². The summed E-state index contributed by atoms with van der Waals surface area (Å²) in [5, 5.41) is 3.41. The minimum Gasteiger partial charge on any atom is -0.352 e. The van der Waals surface area contributed by atoms with Crippen molar-refractivity contribution in [2.75, 3.05) is 25.5 Å². The van der Waals surface area contributed by atoms with Crippen LogP contribution in [0, 0.1) is 17.3 Å². The van der Waals surface area contributed by atoms with E-state index in [1.807, 2.05) is 0 Å². The van der Waals surface area contributed by atoms with Crippen LogP contribution < -0.4 is 5.32 Å². The molecule has 5 aliphatic rings. The van der Waals surface area contributed by atoms with E-state index in [1.165, 1.54) is 70.0 Å². The van der Waals surface area contributed by atoms with E-state index in [0.717, 1.165) is 25.3 Å². The number of carbonyl (C=O) groups is 1. The van der Waals surface area contributed by atoms with Crippen LogP contribution in [0.15, 0.2) is 30.3 Å². The maximum Gasteiger partial charge on any atom is 0.220 e. The molecule has 3 saturated heterocycles. The summed E-state index contributed by atoms with van der Waals surface area (Å²) in [7, 11) is 0. The van der Waals surface area contributed by atoms with E-state index in [0.29, 0.717) is 35.1 Å². The summed E-state index contributed by atoms with van der Waals surface area (Å²) >= 11 is 6.31. The summed E-state index contributed by atoms with van der Waals surface area (Å²) < 4.78 is 0. The van der Waals surface area contributed by atoms with Crippen LogP contribution in [0.3, 0.4) is 0 Å². The van der Waals surface area contributed by atoms with Gasteiger partial charge in [-0.2, -0.15) is 0 Å². The quantitative estimate of drug-likeness (QED) is 0.564. The summed E-state index contributed by atoms with van der Waals surface area (Å²) in [5.41, 5.74) is 2.20. The van der Waals surface area contributed by atoms with Crippen LogP contribution in [0.25, 0.3) is 0 Å². The summed E-state index contributed by atoms with van der Waals surface area (Å²) in [4.78, 5) is 15.4. The molecule has 3 heterocycles. The molecule has 3 nitrogen and oxygen atoms in total. The fourth-order valence-electron chi connectivity index (χ4n) is 7.90. The fraction of sp³-hybridized carbons (Fsp3) is 0.741. The van der Waals surface area contributed by atoms with Crippen molar-refractivity contribution in [3.05, 3.63) is 35.9 Å². The van der Waals surface area contributed by atoms with Gasteiger partial charge in [-0.1, -0.05) is 36.8 Å². The molecule has 170 valence electrons. The second-order valence-corrected chi connectivity index (χ2v) is 11.6. The van der Waals surface area contributed by atoms with Crippen molar-refractivity contribution in [2.45, 2.75) is 82.1 Å². The summed E-state index contributed by atoms with van der Waals surface area (Å²) in [6, 6.07) is 11.6. The van der Waals surface area contributed by atoms with Crippen LogP contribution in [0.2, 0.25) is 0 Å². The van der Waals surface area contributed by atoms with Crippen molar-refractivity contribution in [1.82, 2.24) is 10.2 Å². The smallest absolute Gasteiger partial charge is 0.220 e. The molecule has 1 unspecified atom stereocenters. The lowest BCUT2D eigenvalue weighted by atomic mass is 9.49. The van der Waals surface area contributed by atoms with Gasteiger partial charge in [0.05, 0.1) is 0 Å². The Hall–Kier alpha value is -1.06. The molecule has 4 heteroatoms. The first kappa shape index (κ1) is 21.8. The molecule has 5 fully saturated rings. The zero-order valence-electron chi connectivity index (χ0n) is 19.0.